The first-order valence-corrected chi connectivity index (χ1v) is 6.24. The molecule has 0 aromatic heterocycles. The number of carbonyl (C=O) groups is 1. The van der Waals surface area contributed by atoms with Crippen molar-refractivity contribution in [2.75, 3.05) is 66.1 Å². The lowest BCUT2D eigenvalue weighted by atomic mass is 10.7. The van der Waals surface area contributed by atoms with Gasteiger partial charge in [-0.1, -0.05) is 0 Å². The van der Waals surface area contributed by atoms with Crippen LogP contribution in [0, 0.1) is 0 Å². The number of hydrogen-bond acceptors (Lipinski definition) is 6. The van der Waals surface area contributed by atoms with E-state index in [1.807, 2.05) is 6.92 Å². The van der Waals surface area contributed by atoms with Crippen molar-refractivity contribution in [2.45, 2.75) is 6.92 Å². The van der Waals surface area contributed by atoms with Gasteiger partial charge in [0.1, 0.15) is 12.9 Å². The monoisotopic (exact) mass is 264 g/mol. The summed E-state index contributed by atoms with van der Waals surface area (Å²) >= 11 is 0. The summed E-state index contributed by atoms with van der Waals surface area (Å²) in [6, 6.07) is 0. The van der Waals surface area contributed by atoms with E-state index in [4.69, 9.17) is 23.7 Å². The lowest BCUT2D eigenvalue weighted by Crippen LogP contribution is -2.13. The number of hydrogen-bond donors (Lipinski definition) is 0. The first kappa shape index (κ1) is 17.5. The fourth-order valence-electron chi connectivity index (χ4n) is 1.05. The third-order valence-corrected chi connectivity index (χ3v) is 1.88. The van der Waals surface area contributed by atoms with Crippen LogP contribution in [0.15, 0.2) is 0 Å². The molecule has 0 radical (unpaired) electrons. The molecule has 0 saturated carbocycles. The molecule has 0 aliphatic carbocycles. The zero-order valence-electron chi connectivity index (χ0n) is 11.1. The van der Waals surface area contributed by atoms with Crippen LogP contribution < -0.4 is 0 Å². The second-order valence-corrected chi connectivity index (χ2v) is 3.28. The molecule has 0 saturated heterocycles. The molecule has 0 N–H and O–H groups in total. The lowest BCUT2D eigenvalue weighted by Gasteiger charge is -2.06. The van der Waals surface area contributed by atoms with Crippen molar-refractivity contribution >= 4 is 6.29 Å². The minimum Gasteiger partial charge on any atom is -0.379 e. The Labute approximate surface area is 108 Å². The summed E-state index contributed by atoms with van der Waals surface area (Å²) in [5, 5.41) is 0. The Morgan fingerprint density at radius 3 is 1.44 bits per heavy atom. The second kappa shape index (κ2) is 16.5. The van der Waals surface area contributed by atoms with Gasteiger partial charge in [-0.05, 0) is 6.92 Å². The van der Waals surface area contributed by atoms with Crippen LogP contribution in [-0.2, 0) is 28.5 Å². The highest BCUT2D eigenvalue weighted by Crippen LogP contribution is 1.83. The summed E-state index contributed by atoms with van der Waals surface area (Å²) in [5.74, 6) is 0. The first-order chi connectivity index (χ1) is 8.91. The molecular weight excluding hydrogens is 240 g/mol. The fraction of sp³-hybridized carbons (Fsp3) is 0.917. The molecule has 0 bridgehead atoms. The molecule has 0 amide bonds. The van der Waals surface area contributed by atoms with Gasteiger partial charge in [-0.15, -0.1) is 0 Å². The number of rotatable bonds is 15. The number of carbonyl (C=O) groups excluding carboxylic acids is 1. The Balaban J connectivity index is 2.88. The molecule has 6 nitrogen and oxygen atoms in total. The Morgan fingerprint density at radius 2 is 1.06 bits per heavy atom. The van der Waals surface area contributed by atoms with E-state index in [1.54, 1.807) is 0 Å². The number of aldehydes is 1. The molecule has 108 valence electrons. The van der Waals surface area contributed by atoms with Crippen LogP contribution >= 0.6 is 0 Å². The van der Waals surface area contributed by atoms with Gasteiger partial charge in [-0.2, -0.15) is 0 Å². The van der Waals surface area contributed by atoms with Gasteiger partial charge < -0.3 is 28.5 Å². The van der Waals surface area contributed by atoms with Crippen molar-refractivity contribution in [1.29, 1.82) is 0 Å². The maximum absolute atomic E-state index is 9.92. The molecule has 0 aromatic rings. The van der Waals surface area contributed by atoms with Gasteiger partial charge in [0.15, 0.2) is 0 Å². The van der Waals surface area contributed by atoms with Crippen molar-refractivity contribution < 1.29 is 28.5 Å². The predicted molar refractivity (Wildman–Crippen MR) is 65.8 cm³/mol. The summed E-state index contributed by atoms with van der Waals surface area (Å²) in [7, 11) is 0. The molecule has 0 atom stereocenters. The third-order valence-electron chi connectivity index (χ3n) is 1.88. The Kier molecular flexibility index (Phi) is 16.0. The van der Waals surface area contributed by atoms with Crippen molar-refractivity contribution in [3.63, 3.8) is 0 Å². The second-order valence-electron chi connectivity index (χ2n) is 3.28. The van der Waals surface area contributed by atoms with Crippen LogP contribution in [0.4, 0.5) is 0 Å². The van der Waals surface area contributed by atoms with Crippen LogP contribution in [0.1, 0.15) is 6.92 Å². The molecule has 0 spiro atoms. The Bertz CT molecular complexity index is 165. The standard InChI is InChI=1S/C12H24O6/c1-2-14-5-6-16-9-10-18-12-11-17-8-7-15-4-3-13/h3H,2,4-12H2,1H3. The lowest BCUT2D eigenvalue weighted by molar-refractivity contribution is -0.112. The summed E-state index contributed by atoms with van der Waals surface area (Å²) in [6.07, 6.45) is 0.717. The van der Waals surface area contributed by atoms with Crippen LogP contribution in [0.2, 0.25) is 0 Å². The maximum Gasteiger partial charge on any atom is 0.145 e. The summed E-state index contributed by atoms with van der Waals surface area (Å²) in [4.78, 5) is 9.92. The molecule has 0 unspecified atom stereocenters. The van der Waals surface area contributed by atoms with Gasteiger partial charge in [0, 0.05) is 6.61 Å². The first-order valence-electron chi connectivity index (χ1n) is 6.24. The molecular formula is C12H24O6. The van der Waals surface area contributed by atoms with Crippen molar-refractivity contribution in [2.24, 2.45) is 0 Å². The Morgan fingerprint density at radius 1 is 0.667 bits per heavy atom. The van der Waals surface area contributed by atoms with E-state index >= 15 is 0 Å². The minimum absolute atomic E-state index is 0.124. The molecule has 0 aromatic carbocycles. The molecule has 18 heavy (non-hydrogen) atoms. The van der Waals surface area contributed by atoms with Crippen molar-refractivity contribution in [3.05, 3.63) is 0 Å². The summed E-state index contributed by atoms with van der Waals surface area (Å²) in [5.41, 5.74) is 0. The average Bonchev–Trinajstić information content (AvgIpc) is 2.39. The van der Waals surface area contributed by atoms with Crippen molar-refractivity contribution in [3.8, 4) is 0 Å². The number of ether oxygens (including phenoxy) is 5. The van der Waals surface area contributed by atoms with E-state index in [2.05, 4.69) is 0 Å². The van der Waals surface area contributed by atoms with Gasteiger partial charge in [-0.3, -0.25) is 0 Å². The van der Waals surface area contributed by atoms with E-state index in [1.165, 1.54) is 0 Å². The minimum atomic E-state index is 0.124. The van der Waals surface area contributed by atoms with Crippen LogP contribution in [0.3, 0.4) is 0 Å². The largest absolute Gasteiger partial charge is 0.379 e. The molecule has 0 aliphatic rings. The average molecular weight is 264 g/mol. The van der Waals surface area contributed by atoms with Crippen molar-refractivity contribution in [1.82, 2.24) is 0 Å². The zero-order valence-corrected chi connectivity index (χ0v) is 11.1. The normalized spacial score (nSPS) is 10.7. The highest BCUT2D eigenvalue weighted by molar-refractivity contribution is 5.50. The van der Waals surface area contributed by atoms with E-state index in [0.717, 1.165) is 0 Å². The maximum atomic E-state index is 9.92. The third kappa shape index (κ3) is 15.5. The van der Waals surface area contributed by atoms with Crippen LogP contribution in [0.25, 0.3) is 0 Å². The van der Waals surface area contributed by atoms with Gasteiger partial charge in [-0.25, -0.2) is 0 Å². The molecule has 0 aliphatic heterocycles. The molecule has 6 heteroatoms. The van der Waals surface area contributed by atoms with E-state index in [0.29, 0.717) is 65.7 Å². The Hall–Kier alpha value is -0.530. The smallest absolute Gasteiger partial charge is 0.145 e. The fourth-order valence-corrected chi connectivity index (χ4v) is 1.05. The highest BCUT2D eigenvalue weighted by atomic mass is 16.6. The quantitative estimate of drug-likeness (QED) is 0.313. The van der Waals surface area contributed by atoms with E-state index in [-0.39, 0.29) is 6.61 Å². The van der Waals surface area contributed by atoms with Crippen LogP contribution in [0.5, 0.6) is 0 Å². The molecule has 0 heterocycles. The van der Waals surface area contributed by atoms with E-state index < -0.39 is 0 Å². The SMILES string of the molecule is CCOCCOCCOCCOCCOCC=O. The zero-order chi connectivity index (χ0) is 13.3. The van der Waals surface area contributed by atoms with Gasteiger partial charge >= 0.3 is 0 Å². The van der Waals surface area contributed by atoms with Gasteiger partial charge in [0.05, 0.1) is 52.9 Å². The van der Waals surface area contributed by atoms with E-state index in [9.17, 15) is 4.79 Å². The predicted octanol–water partition coefficient (Wildman–Crippen LogP) is 0.288. The molecule has 0 fully saturated rings. The molecule has 0 rings (SSSR count). The topological polar surface area (TPSA) is 63.2 Å². The van der Waals surface area contributed by atoms with Gasteiger partial charge in [0.25, 0.3) is 0 Å². The summed E-state index contributed by atoms with van der Waals surface area (Å²) in [6.45, 7) is 7.09. The van der Waals surface area contributed by atoms with Gasteiger partial charge in [0.2, 0.25) is 0 Å². The van der Waals surface area contributed by atoms with Crippen LogP contribution in [-0.4, -0.2) is 72.4 Å². The highest BCUT2D eigenvalue weighted by Gasteiger charge is 1.92. The summed E-state index contributed by atoms with van der Waals surface area (Å²) < 4.78 is 25.8.